The number of amides is 1. The van der Waals surface area contributed by atoms with E-state index in [2.05, 4.69) is 21.2 Å². The van der Waals surface area contributed by atoms with Crippen LogP contribution in [0.5, 0.6) is 0 Å². The van der Waals surface area contributed by atoms with E-state index in [4.69, 9.17) is 5.73 Å². The fraction of sp³-hybridized carbons (Fsp3) is 0.462. The van der Waals surface area contributed by atoms with Crippen LogP contribution in [0, 0.1) is 11.7 Å². The lowest BCUT2D eigenvalue weighted by atomic mass is 9.95. The molecule has 0 bridgehead atoms. The highest BCUT2D eigenvalue weighted by Gasteiger charge is 2.41. The Balaban J connectivity index is 2.18. The van der Waals surface area contributed by atoms with Crippen LogP contribution in [-0.4, -0.2) is 18.0 Å². The van der Waals surface area contributed by atoms with Gasteiger partial charge in [-0.1, -0.05) is 15.9 Å². The molecule has 3 N–H and O–H groups in total. The van der Waals surface area contributed by atoms with Crippen LogP contribution in [0.15, 0.2) is 22.7 Å². The number of nitrogens with two attached hydrogens (primary N) is 1. The predicted molar refractivity (Wildman–Crippen MR) is 71.7 cm³/mol. The summed E-state index contributed by atoms with van der Waals surface area (Å²) in [7, 11) is 0. The van der Waals surface area contributed by atoms with Crippen molar-refractivity contribution in [3.05, 3.63) is 34.1 Å². The molecule has 2 rings (SSSR count). The maximum absolute atomic E-state index is 13.6. The molecule has 0 radical (unpaired) electrons. The van der Waals surface area contributed by atoms with E-state index in [1.54, 1.807) is 6.07 Å². The lowest BCUT2D eigenvalue weighted by Gasteiger charge is -2.29. The normalized spacial score (nSPS) is 18.2. The van der Waals surface area contributed by atoms with Gasteiger partial charge in [-0.3, -0.25) is 4.79 Å². The number of carbonyl (C=O) groups is 1. The molecule has 1 aliphatic rings. The number of halogens is 2. The monoisotopic (exact) mass is 314 g/mol. The van der Waals surface area contributed by atoms with Crippen molar-refractivity contribution < 1.29 is 9.18 Å². The number of carbonyl (C=O) groups excluding carboxylic acids is 1. The summed E-state index contributed by atoms with van der Waals surface area (Å²) in [5.41, 5.74) is 5.33. The topological polar surface area (TPSA) is 55.1 Å². The van der Waals surface area contributed by atoms with Crippen molar-refractivity contribution in [3.63, 3.8) is 0 Å². The van der Waals surface area contributed by atoms with Crippen molar-refractivity contribution >= 4 is 21.8 Å². The molecule has 98 valence electrons. The highest BCUT2D eigenvalue weighted by molar-refractivity contribution is 9.10. The smallest absolute Gasteiger partial charge is 0.254 e. The minimum Gasteiger partial charge on any atom is -0.345 e. The largest absolute Gasteiger partial charge is 0.345 e. The third kappa shape index (κ3) is 2.72. The quantitative estimate of drug-likeness (QED) is 0.897. The zero-order valence-electron chi connectivity index (χ0n) is 10.2. The first kappa shape index (κ1) is 13.5. The summed E-state index contributed by atoms with van der Waals surface area (Å²) < 4.78 is 14.3. The van der Waals surface area contributed by atoms with E-state index in [9.17, 15) is 9.18 Å². The molecule has 1 saturated carbocycles. The maximum Gasteiger partial charge on any atom is 0.254 e. The molecule has 1 aromatic rings. The van der Waals surface area contributed by atoms with Crippen molar-refractivity contribution in [1.82, 2.24) is 5.32 Å². The molecule has 1 unspecified atom stereocenters. The standard InChI is InChI=1S/C13H16BrFN2O/c1-13(7-16,8-2-3-8)17-12(18)10-6-9(14)4-5-11(10)15/h4-6,8H,2-3,7,16H2,1H3,(H,17,18). The van der Waals surface area contributed by atoms with E-state index in [1.165, 1.54) is 12.1 Å². The molecule has 0 aliphatic heterocycles. The van der Waals surface area contributed by atoms with Gasteiger partial charge < -0.3 is 11.1 Å². The Morgan fingerprint density at radius 1 is 1.61 bits per heavy atom. The molecule has 0 aromatic heterocycles. The summed E-state index contributed by atoms with van der Waals surface area (Å²) in [5.74, 6) is -0.527. The predicted octanol–water partition coefficient (Wildman–Crippen LogP) is 2.45. The van der Waals surface area contributed by atoms with E-state index in [0.29, 0.717) is 16.9 Å². The number of nitrogens with one attached hydrogen (secondary N) is 1. The summed E-state index contributed by atoms with van der Waals surface area (Å²) in [6, 6.07) is 4.32. The SMILES string of the molecule is CC(CN)(NC(=O)c1cc(Br)ccc1F)C1CC1. The van der Waals surface area contributed by atoms with Crippen LogP contribution in [-0.2, 0) is 0 Å². The second kappa shape index (κ2) is 4.97. The minimum atomic E-state index is -0.522. The highest BCUT2D eigenvalue weighted by atomic mass is 79.9. The van der Waals surface area contributed by atoms with Crippen LogP contribution < -0.4 is 11.1 Å². The van der Waals surface area contributed by atoms with Gasteiger partial charge in [0.25, 0.3) is 5.91 Å². The van der Waals surface area contributed by atoms with Gasteiger partial charge in [0.15, 0.2) is 0 Å². The van der Waals surface area contributed by atoms with Gasteiger partial charge in [-0.15, -0.1) is 0 Å². The van der Waals surface area contributed by atoms with Gasteiger partial charge in [0.05, 0.1) is 11.1 Å². The highest BCUT2D eigenvalue weighted by Crippen LogP contribution is 2.39. The Morgan fingerprint density at radius 3 is 2.83 bits per heavy atom. The summed E-state index contributed by atoms with van der Waals surface area (Å²) in [6.07, 6.45) is 2.13. The zero-order chi connectivity index (χ0) is 13.3. The number of rotatable bonds is 4. The molecule has 0 heterocycles. The molecule has 1 atom stereocenters. The summed E-state index contributed by atoms with van der Waals surface area (Å²) in [6.45, 7) is 2.28. The third-order valence-electron chi connectivity index (χ3n) is 3.47. The van der Waals surface area contributed by atoms with Gasteiger partial charge in [-0.05, 0) is 43.9 Å². The minimum absolute atomic E-state index is 0.0460. The summed E-state index contributed by atoms with van der Waals surface area (Å²) >= 11 is 3.23. The lowest BCUT2D eigenvalue weighted by Crippen LogP contribution is -2.53. The first-order chi connectivity index (χ1) is 8.46. The van der Waals surface area contributed by atoms with Crippen LogP contribution in [0.4, 0.5) is 4.39 Å². The molecule has 1 aromatic carbocycles. The molecule has 1 amide bonds. The maximum atomic E-state index is 13.6. The van der Waals surface area contributed by atoms with Crippen LogP contribution in [0.1, 0.15) is 30.1 Å². The van der Waals surface area contributed by atoms with Crippen LogP contribution >= 0.6 is 15.9 Å². The van der Waals surface area contributed by atoms with Gasteiger partial charge in [0, 0.05) is 11.0 Å². The molecule has 18 heavy (non-hydrogen) atoms. The molecular formula is C13H16BrFN2O. The lowest BCUT2D eigenvalue weighted by molar-refractivity contribution is 0.0893. The number of hydrogen-bond donors (Lipinski definition) is 2. The zero-order valence-corrected chi connectivity index (χ0v) is 11.8. The second-order valence-corrected chi connectivity index (χ2v) is 5.89. The van der Waals surface area contributed by atoms with Gasteiger partial charge in [-0.2, -0.15) is 0 Å². The van der Waals surface area contributed by atoms with E-state index < -0.39 is 17.3 Å². The van der Waals surface area contributed by atoms with Crippen LogP contribution in [0.2, 0.25) is 0 Å². The average molecular weight is 315 g/mol. The fourth-order valence-electron chi connectivity index (χ4n) is 2.04. The Hall–Kier alpha value is -0.940. The van der Waals surface area contributed by atoms with Crippen molar-refractivity contribution in [2.75, 3.05) is 6.54 Å². The molecule has 0 spiro atoms. The molecule has 5 heteroatoms. The van der Waals surface area contributed by atoms with E-state index in [-0.39, 0.29) is 5.56 Å². The van der Waals surface area contributed by atoms with Gasteiger partial charge in [0.1, 0.15) is 5.82 Å². The summed E-state index contributed by atoms with van der Waals surface area (Å²) in [4.78, 5) is 12.1. The Morgan fingerprint density at radius 2 is 2.28 bits per heavy atom. The Kier molecular flexibility index (Phi) is 3.73. The average Bonchev–Trinajstić information content (AvgIpc) is 3.16. The number of hydrogen-bond acceptors (Lipinski definition) is 2. The molecule has 1 aliphatic carbocycles. The molecule has 1 fully saturated rings. The fourth-order valence-corrected chi connectivity index (χ4v) is 2.40. The Bertz CT molecular complexity index is 476. The van der Waals surface area contributed by atoms with Crippen molar-refractivity contribution in [3.8, 4) is 0 Å². The van der Waals surface area contributed by atoms with Crippen LogP contribution in [0.3, 0.4) is 0 Å². The van der Waals surface area contributed by atoms with Crippen molar-refractivity contribution in [2.45, 2.75) is 25.3 Å². The van der Waals surface area contributed by atoms with E-state index in [1.807, 2.05) is 6.92 Å². The first-order valence-corrected chi connectivity index (χ1v) is 6.73. The third-order valence-corrected chi connectivity index (χ3v) is 3.97. The van der Waals surface area contributed by atoms with Crippen LogP contribution in [0.25, 0.3) is 0 Å². The summed E-state index contributed by atoms with van der Waals surface area (Å²) in [5, 5.41) is 2.86. The van der Waals surface area contributed by atoms with Gasteiger partial charge in [-0.25, -0.2) is 4.39 Å². The van der Waals surface area contributed by atoms with Gasteiger partial charge in [0.2, 0.25) is 0 Å². The molecular weight excluding hydrogens is 299 g/mol. The van der Waals surface area contributed by atoms with Crippen molar-refractivity contribution in [1.29, 1.82) is 0 Å². The number of benzene rings is 1. The van der Waals surface area contributed by atoms with Crippen molar-refractivity contribution in [2.24, 2.45) is 11.7 Å². The molecule has 3 nitrogen and oxygen atoms in total. The molecule has 0 saturated heterocycles. The van der Waals surface area contributed by atoms with E-state index >= 15 is 0 Å². The van der Waals surface area contributed by atoms with E-state index in [0.717, 1.165) is 12.8 Å². The second-order valence-electron chi connectivity index (χ2n) is 4.97. The first-order valence-electron chi connectivity index (χ1n) is 5.94. The Labute approximate surface area is 114 Å². The van der Waals surface area contributed by atoms with Gasteiger partial charge >= 0.3 is 0 Å².